The lowest BCUT2D eigenvalue weighted by molar-refractivity contribution is -0.135. The quantitative estimate of drug-likeness (QED) is 0.683. The number of carbonyl (C=O) groups excluding carboxylic acids is 1. The van der Waals surface area contributed by atoms with E-state index in [1.165, 1.54) is 5.56 Å². The fourth-order valence-corrected chi connectivity index (χ4v) is 1.81. The van der Waals surface area contributed by atoms with Crippen molar-refractivity contribution < 1.29 is 4.79 Å². The first-order valence-corrected chi connectivity index (χ1v) is 4.68. The minimum atomic E-state index is 0.183. The molecule has 0 aromatic heterocycles. The van der Waals surface area contributed by atoms with Crippen molar-refractivity contribution in [2.75, 3.05) is 0 Å². The molecule has 0 bridgehead atoms. The van der Waals surface area contributed by atoms with Gasteiger partial charge in [0.05, 0.1) is 12.0 Å². The van der Waals surface area contributed by atoms with Crippen LogP contribution in [0, 0.1) is 5.92 Å². The van der Waals surface area contributed by atoms with Crippen LogP contribution in [0.2, 0.25) is 0 Å². The third kappa shape index (κ3) is 1.32. The van der Waals surface area contributed by atoms with Crippen LogP contribution in [0.3, 0.4) is 0 Å². The average molecular weight is 175 g/mol. The first kappa shape index (κ1) is 8.30. The Bertz CT molecular complexity index is 307. The van der Waals surface area contributed by atoms with Crippen molar-refractivity contribution in [2.24, 2.45) is 5.92 Å². The molecule has 0 radical (unpaired) electrons. The molecule has 13 heavy (non-hydrogen) atoms. The van der Waals surface area contributed by atoms with Gasteiger partial charge in [0.2, 0.25) is 5.91 Å². The fourth-order valence-electron chi connectivity index (χ4n) is 1.81. The molecule has 1 N–H and O–H groups in total. The van der Waals surface area contributed by atoms with Gasteiger partial charge in [-0.15, -0.1) is 0 Å². The van der Waals surface area contributed by atoms with E-state index in [1.54, 1.807) is 0 Å². The van der Waals surface area contributed by atoms with Crippen molar-refractivity contribution in [3.05, 3.63) is 35.9 Å². The van der Waals surface area contributed by atoms with Gasteiger partial charge in [0, 0.05) is 0 Å². The van der Waals surface area contributed by atoms with Crippen molar-refractivity contribution in [3.63, 3.8) is 0 Å². The number of rotatable bonds is 2. The van der Waals surface area contributed by atoms with Gasteiger partial charge in [-0.1, -0.05) is 37.3 Å². The Morgan fingerprint density at radius 3 is 2.54 bits per heavy atom. The van der Waals surface area contributed by atoms with Gasteiger partial charge in [0.1, 0.15) is 0 Å². The van der Waals surface area contributed by atoms with E-state index in [1.807, 2.05) is 18.2 Å². The topological polar surface area (TPSA) is 29.1 Å². The maximum atomic E-state index is 11.1. The highest BCUT2D eigenvalue weighted by atomic mass is 16.2. The third-order valence-corrected chi connectivity index (χ3v) is 2.64. The maximum absolute atomic E-state index is 11.1. The van der Waals surface area contributed by atoms with E-state index in [0.29, 0.717) is 0 Å². The highest BCUT2D eigenvalue weighted by molar-refractivity contribution is 5.86. The van der Waals surface area contributed by atoms with Crippen LogP contribution in [0.4, 0.5) is 0 Å². The summed E-state index contributed by atoms with van der Waals surface area (Å²) in [6.45, 7) is 2.05. The predicted octanol–water partition coefficient (Wildman–Crippen LogP) is 1.88. The van der Waals surface area contributed by atoms with Crippen LogP contribution in [-0.2, 0) is 4.79 Å². The molecule has 2 nitrogen and oxygen atoms in total. The Hall–Kier alpha value is -1.31. The van der Waals surface area contributed by atoms with Crippen LogP contribution >= 0.6 is 0 Å². The van der Waals surface area contributed by atoms with Gasteiger partial charge in [0.15, 0.2) is 0 Å². The molecule has 1 aromatic rings. The molecular weight excluding hydrogens is 162 g/mol. The van der Waals surface area contributed by atoms with Gasteiger partial charge in [-0.25, -0.2) is 0 Å². The lowest BCUT2D eigenvalue weighted by Crippen LogP contribution is -2.51. The summed E-state index contributed by atoms with van der Waals surface area (Å²) in [4.78, 5) is 11.1. The first-order chi connectivity index (χ1) is 6.33. The molecule has 1 heterocycles. The van der Waals surface area contributed by atoms with Crippen molar-refractivity contribution in [1.29, 1.82) is 0 Å². The molecule has 0 aliphatic carbocycles. The summed E-state index contributed by atoms with van der Waals surface area (Å²) in [6, 6.07) is 10.4. The maximum Gasteiger partial charge on any atom is 0.226 e. The van der Waals surface area contributed by atoms with E-state index in [4.69, 9.17) is 0 Å². The number of nitrogens with one attached hydrogen (secondary N) is 1. The average Bonchev–Trinajstić information content (AvgIpc) is 2.16. The molecule has 1 amide bonds. The minimum Gasteiger partial charge on any atom is -0.348 e. The predicted molar refractivity (Wildman–Crippen MR) is 51.1 cm³/mol. The fraction of sp³-hybridized carbons (Fsp3) is 0.364. The number of hydrogen-bond acceptors (Lipinski definition) is 1. The SMILES string of the molecule is CC[C@H]1C(=O)N[C@H]1c1ccccc1. The number of amides is 1. The van der Waals surface area contributed by atoms with E-state index in [2.05, 4.69) is 24.4 Å². The Labute approximate surface area is 78.0 Å². The molecule has 2 rings (SSSR count). The monoisotopic (exact) mass is 175 g/mol. The first-order valence-electron chi connectivity index (χ1n) is 4.68. The van der Waals surface area contributed by atoms with Crippen LogP contribution in [0.15, 0.2) is 30.3 Å². The number of carbonyl (C=O) groups is 1. The van der Waals surface area contributed by atoms with E-state index < -0.39 is 0 Å². The van der Waals surface area contributed by atoms with Gasteiger partial charge in [-0.3, -0.25) is 4.79 Å². The zero-order valence-corrected chi connectivity index (χ0v) is 7.66. The Balaban J connectivity index is 2.16. The smallest absolute Gasteiger partial charge is 0.226 e. The van der Waals surface area contributed by atoms with Gasteiger partial charge in [-0.2, -0.15) is 0 Å². The molecule has 2 heteroatoms. The number of β-lactam (4-membered cyclic amide) rings is 1. The summed E-state index contributed by atoms with van der Waals surface area (Å²) in [5.74, 6) is 0.374. The minimum absolute atomic E-state index is 0.183. The zero-order chi connectivity index (χ0) is 9.26. The second-order valence-electron chi connectivity index (χ2n) is 3.41. The van der Waals surface area contributed by atoms with E-state index in [9.17, 15) is 4.79 Å². The van der Waals surface area contributed by atoms with E-state index in [0.717, 1.165) is 6.42 Å². The van der Waals surface area contributed by atoms with Gasteiger partial charge in [0.25, 0.3) is 0 Å². The van der Waals surface area contributed by atoms with Crippen LogP contribution in [0.1, 0.15) is 24.9 Å². The molecule has 0 spiro atoms. The van der Waals surface area contributed by atoms with Gasteiger partial charge >= 0.3 is 0 Å². The van der Waals surface area contributed by atoms with Crippen molar-refractivity contribution >= 4 is 5.91 Å². The molecule has 0 saturated carbocycles. The molecule has 1 fully saturated rings. The summed E-state index contributed by atoms with van der Waals surface area (Å²) in [5, 5.41) is 2.92. The van der Waals surface area contributed by atoms with Crippen LogP contribution in [0.5, 0.6) is 0 Å². The molecule has 68 valence electrons. The van der Waals surface area contributed by atoms with Crippen LogP contribution < -0.4 is 5.32 Å². The number of hydrogen-bond donors (Lipinski definition) is 1. The van der Waals surface area contributed by atoms with Gasteiger partial charge < -0.3 is 5.32 Å². The highest BCUT2D eigenvalue weighted by Crippen LogP contribution is 2.32. The van der Waals surface area contributed by atoms with Crippen molar-refractivity contribution in [2.45, 2.75) is 19.4 Å². The highest BCUT2D eigenvalue weighted by Gasteiger charge is 2.38. The number of benzene rings is 1. The lowest BCUT2D eigenvalue weighted by Gasteiger charge is -2.36. The Kier molecular flexibility index (Phi) is 2.05. The van der Waals surface area contributed by atoms with Crippen LogP contribution in [-0.4, -0.2) is 5.91 Å². The second kappa shape index (κ2) is 3.21. The van der Waals surface area contributed by atoms with Crippen molar-refractivity contribution in [3.8, 4) is 0 Å². The van der Waals surface area contributed by atoms with Gasteiger partial charge in [-0.05, 0) is 12.0 Å². The Morgan fingerprint density at radius 1 is 1.31 bits per heavy atom. The summed E-state index contributed by atoms with van der Waals surface area (Å²) >= 11 is 0. The summed E-state index contributed by atoms with van der Waals surface area (Å²) in [5.41, 5.74) is 1.22. The molecule has 0 unspecified atom stereocenters. The van der Waals surface area contributed by atoms with Crippen LogP contribution in [0.25, 0.3) is 0 Å². The molecular formula is C11H13NO. The summed E-state index contributed by atoms with van der Waals surface area (Å²) in [6.07, 6.45) is 0.922. The molecule has 1 saturated heterocycles. The normalized spacial score (nSPS) is 26.4. The third-order valence-electron chi connectivity index (χ3n) is 2.64. The summed E-state index contributed by atoms with van der Waals surface area (Å²) in [7, 11) is 0. The molecule has 1 aromatic carbocycles. The van der Waals surface area contributed by atoms with Crippen molar-refractivity contribution in [1.82, 2.24) is 5.32 Å². The molecule has 1 aliphatic heterocycles. The lowest BCUT2D eigenvalue weighted by atomic mass is 9.83. The standard InChI is InChI=1S/C11H13NO/c1-2-9-10(12-11(9)13)8-6-4-3-5-7-8/h3-7,9-10H,2H2,1H3,(H,12,13)/t9-,10+/m1/s1. The Morgan fingerprint density at radius 2 is 2.00 bits per heavy atom. The molecule has 1 aliphatic rings. The van der Waals surface area contributed by atoms with E-state index in [-0.39, 0.29) is 17.9 Å². The zero-order valence-electron chi connectivity index (χ0n) is 7.66. The largest absolute Gasteiger partial charge is 0.348 e. The summed E-state index contributed by atoms with van der Waals surface area (Å²) < 4.78 is 0. The molecule has 2 atom stereocenters. The van der Waals surface area contributed by atoms with E-state index >= 15 is 0 Å². The second-order valence-corrected chi connectivity index (χ2v) is 3.41.